The van der Waals surface area contributed by atoms with Gasteiger partial charge < -0.3 is 9.57 Å². The maximum Gasteiger partial charge on any atom is 0.272 e. The molecule has 1 heterocycles. The van der Waals surface area contributed by atoms with Gasteiger partial charge in [-0.2, -0.15) is 5.26 Å². The van der Waals surface area contributed by atoms with Crippen LogP contribution in [0, 0.1) is 11.3 Å². The molecule has 0 radical (unpaired) electrons. The fourth-order valence-corrected chi connectivity index (χ4v) is 2.70. The molecule has 132 valence electrons. The Hall–Kier alpha value is -3.33. The number of carbonyl (C=O) groups is 1. The van der Waals surface area contributed by atoms with E-state index in [0.29, 0.717) is 24.6 Å². The SMILES string of the molecule is CCOc1ccc(C2=NOC(C)C(=O)N2Cc2cccc(C#N)c2)cc1. The van der Waals surface area contributed by atoms with Gasteiger partial charge in [-0.15, -0.1) is 0 Å². The van der Waals surface area contributed by atoms with Gasteiger partial charge in [0.05, 0.1) is 24.8 Å². The van der Waals surface area contributed by atoms with Crippen molar-refractivity contribution in [3.8, 4) is 11.8 Å². The number of amides is 1. The van der Waals surface area contributed by atoms with Crippen LogP contribution in [0.3, 0.4) is 0 Å². The topological polar surface area (TPSA) is 74.9 Å². The fourth-order valence-electron chi connectivity index (χ4n) is 2.70. The van der Waals surface area contributed by atoms with Gasteiger partial charge in [0.2, 0.25) is 6.10 Å². The van der Waals surface area contributed by atoms with Crippen molar-refractivity contribution in [2.24, 2.45) is 5.16 Å². The third-order valence-electron chi connectivity index (χ3n) is 3.99. The van der Waals surface area contributed by atoms with Crippen LogP contribution in [0.25, 0.3) is 0 Å². The zero-order valence-electron chi connectivity index (χ0n) is 14.7. The summed E-state index contributed by atoms with van der Waals surface area (Å²) < 4.78 is 5.45. The van der Waals surface area contributed by atoms with Crippen LogP contribution in [-0.4, -0.2) is 29.4 Å². The summed E-state index contributed by atoms with van der Waals surface area (Å²) in [5.41, 5.74) is 2.16. The quantitative estimate of drug-likeness (QED) is 0.831. The summed E-state index contributed by atoms with van der Waals surface area (Å²) >= 11 is 0. The van der Waals surface area contributed by atoms with E-state index in [0.717, 1.165) is 16.9 Å². The monoisotopic (exact) mass is 349 g/mol. The number of nitrogens with zero attached hydrogens (tertiary/aromatic N) is 3. The Bertz CT molecular complexity index is 869. The highest BCUT2D eigenvalue weighted by Gasteiger charge is 2.31. The van der Waals surface area contributed by atoms with E-state index in [1.807, 2.05) is 37.3 Å². The molecule has 2 aromatic carbocycles. The molecule has 1 aliphatic rings. The van der Waals surface area contributed by atoms with E-state index in [1.54, 1.807) is 30.0 Å². The molecule has 0 spiro atoms. The highest BCUT2D eigenvalue weighted by Crippen LogP contribution is 2.20. The van der Waals surface area contributed by atoms with Gasteiger partial charge in [-0.25, -0.2) is 0 Å². The Morgan fingerprint density at radius 2 is 2.04 bits per heavy atom. The summed E-state index contributed by atoms with van der Waals surface area (Å²) in [5.74, 6) is 1.02. The third kappa shape index (κ3) is 3.67. The van der Waals surface area contributed by atoms with Crippen molar-refractivity contribution in [1.82, 2.24) is 4.90 Å². The normalized spacial score (nSPS) is 16.5. The number of hydrogen-bond acceptors (Lipinski definition) is 5. The predicted molar refractivity (Wildman–Crippen MR) is 96.4 cm³/mol. The molecule has 2 aromatic rings. The molecule has 0 N–H and O–H groups in total. The first-order valence-corrected chi connectivity index (χ1v) is 8.40. The first kappa shape index (κ1) is 17.5. The summed E-state index contributed by atoms with van der Waals surface area (Å²) in [6, 6.07) is 16.6. The summed E-state index contributed by atoms with van der Waals surface area (Å²) in [7, 11) is 0. The van der Waals surface area contributed by atoms with Crippen LogP contribution in [0.4, 0.5) is 0 Å². The second-order valence-corrected chi connectivity index (χ2v) is 5.86. The molecule has 1 atom stereocenters. The van der Waals surface area contributed by atoms with Crippen molar-refractivity contribution in [3.05, 3.63) is 65.2 Å². The molecule has 6 heteroatoms. The molecule has 1 unspecified atom stereocenters. The first-order valence-electron chi connectivity index (χ1n) is 8.40. The maximum atomic E-state index is 12.7. The van der Waals surface area contributed by atoms with Gasteiger partial charge in [0.25, 0.3) is 5.91 Å². The lowest BCUT2D eigenvalue weighted by Gasteiger charge is -2.30. The number of amidine groups is 1. The molecule has 0 saturated carbocycles. The Labute approximate surface area is 152 Å². The maximum absolute atomic E-state index is 12.7. The van der Waals surface area contributed by atoms with Crippen LogP contribution in [0.1, 0.15) is 30.5 Å². The Morgan fingerprint density at radius 3 is 2.73 bits per heavy atom. The zero-order valence-corrected chi connectivity index (χ0v) is 14.7. The van der Waals surface area contributed by atoms with Crippen LogP contribution in [0.5, 0.6) is 5.75 Å². The summed E-state index contributed by atoms with van der Waals surface area (Å²) in [6.45, 7) is 4.48. The number of oxime groups is 1. The highest BCUT2D eigenvalue weighted by molar-refractivity contribution is 6.09. The fraction of sp³-hybridized carbons (Fsp3) is 0.250. The lowest BCUT2D eigenvalue weighted by molar-refractivity contribution is -0.142. The van der Waals surface area contributed by atoms with E-state index < -0.39 is 6.10 Å². The van der Waals surface area contributed by atoms with E-state index in [1.165, 1.54) is 0 Å². The molecule has 0 aromatic heterocycles. The van der Waals surface area contributed by atoms with Gasteiger partial charge in [0, 0.05) is 5.56 Å². The molecule has 3 rings (SSSR count). The van der Waals surface area contributed by atoms with Crippen molar-refractivity contribution in [3.63, 3.8) is 0 Å². The minimum absolute atomic E-state index is 0.175. The number of nitriles is 1. The smallest absolute Gasteiger partial charge is 0.272 e. The lowest BCUT2D eigenvalue weighted by Crippen LogP contribution is -2.46. The molecule has 6 nitrogen and oxygen atoms in total. The van der Waals surface area contributed by atoms with E-state index in [9.17, 15) is 4.79 Å². The molecule has 1 aliphatic heterocycles. The number of benzene rings is 2. The highest BCUT2D eigenvalue weighted by atomic mass is 16.6. The zero-order chi connectivity index (χ0) is 18.5. The first-order chi connectivity index (χ1) is 12.6. The number of carbonyl (C=O) groups excluding carboxylic acids is 1. The van der Waals surface area contributed by atoms with Gasteiger partial charge in [-0.05, 0) is 55.8 Å². The molecule has 0 fully saturated rings. The summed E-state index contributed by atoms with van der Waals surface area (Å²) in [6.07, 6.45) is -0.652. The van der Waals surface area contributed by atoms with Gasteiger partial charge >= 0.3 is 0 Å². The van der Waals surface area contributed by atoms with Crippen LogP contribution < -0.4 is 4.74 Å². The second kappa shape index (κ2) is 7.70. The van der Waals surface area contributed by atoms with Crippen LogP contribution >= 0.6 is 0 Å². The van der Waals surface area contributed by atoms with Gasteiger partial charge in [-0.3, -0.25) is 9.69 Å². The molecule has 0 bridgehead atoms. The predicted octanol–water partition coefficient (Wildman–Crippen LogP) is 3.07. The molecular formula is C20H19N3O3. The van der Waals surface area contributed by atoms with Crippen LogP contribution in [0.2, 0.25) is 0 Å². The van der Waals surface area contributed by atoms with E-state index in [2.05, 4.69) is 11.2 Å². The van der Waals surface area contributed by atoms with Crippen LogP contribution in [-0.2, 0) is 16.2 Å². The summed E-state index contributed by atoms with van der Waals surface area (Å²) in [4.78, 5) is 19.5. The largest absolute Gasteiger partial charge is 0.494 e. The van der Waals surface area contributed by atoms with E-state index >= 15 is 0 Å². The Balaban J connectivity index is 1.91. The van der Waals surface area contributed by atoms with Crippen molar-refractivity contribution in [2.45, 2.75) is 26.5 Å². The molecule has 1 amide bonds. The number of rotatable bonds is 5. The molecule has 26 heavy (non-hydrogen) atoms. The molecule has 0 saturated heterocycles. The van der Waals surface area contributed by atoms with E-state index in [-0.39, 0.29) is 5.91 Å². The minimum atomic E-state index is -0.652. The van der Waals surface area contributed by atoms with Crippen molar-refractivity contribution < 1.29 is 14.4 Å². The number of hydrogen-bond donors (Lipinski definition) is 0. The Kier molecular flexibility index (Phi) is 5.18. The average molecular weight is 349 g/mol. The molecule has 0 aliphatic carbocycles. The van der Waals surface area contributed by atoms with Crippen molar-refractivity contribution >= 4 is 11.7 Å². The van der Waals surface area contributed by atoms with Crippen LogP contribution in [0.15, 0.2) is 53.7 Å². The Morgan fingerprint density at radius 1 is 1.27 bits per heavy atom. The standard InChI is InChI=1S/C20H19N3O3/c1-3-25-18-9-7-17(8-10-18)19-22-26-14(2)20(24)23(19)13-16-6-4-5-15(11-16)12-21/h4-11,14H,3,13H2,1-2H3. The second-order valence-electron chi connectivity index (χ2n) is 5.86. The van der Waals surface area contributed by atoms with Crippen molar-refractivity contribution in [2.75, 3.05) is 6.61 Å². The van der Waals surface area contributed by atoms with Gasteiger partial charge in [-0.1, -0.05) is 17.3 Å². The van der Waals surface area contributed by atoms with Gasteiger partial charge in [0.15, 0.2) is 5.84 Å². The average Bonchev–Trinajstić information content (AvgIpc) is 2.67. The molecular weight excluding hydrogens is 330 g/mol. The van der Waals surface area contributed by atoms with Crippen molar-refractivity contribution in [1.29, 1.82) is 5.26 Å². The van der Waals surface area contributed by atoms with Gasteiger partial charge in [0.1, 0.15) is 5.75 Å². The number of ether oxygens (including phenoxy) is 1. The minimum Gasteiger partial charge on any atom is -0.494 e. The third-order valence-corrected chi connectivity index (χ3v) is 3.99. The lowest BCUT2D eigenvalue weighted by atomic mass is 10.1. The summed E-state index contributed by atoms with van der Waals surface area (Å²) in [5, 5.41) is 13.2. The van der Waals surface area contributed by atoms with E-state index in [4.69, 9.17) is 14.8 Å².